The number of sulfonamides is 1. The lowest BCUT2D eigenvalue weighted by Gasteiger charge is -2.12. The first-order valence-electron chi connectivity index (χ1n) is 8.34. The molecule has 0 fully saturated rings. The van der Waals surface area contributed by atoms with Crippen LogP contribution in [0.2, 0.25) is 0 Å². The molecular weight excluding hydrogens is 366 g/mol. The molecule has 1 aromatic carbocycles. The zero-order valence-electron chi connectivity index (χ0n) is 14.4. The molecule has 5 nitrogen and oxygen atoms in total. The maximum absolute atomic E-state index is 12.6. The number of aromatic nitrogens is 1. The van der Waals surface area contributed by atoms with Crippen LogP contribution in [0.4, 0.5) is 0 Å². The van der Waals surface area contributed by atoms with E-state index in [1.165, 1.54) is 4.88 Å². The molecule has 0 aliphatic carbocycles. The van der Waals surface area contributed by atoms with Crippen molar-refractivity contribution in [3.8, 4) is 0 Å². The summed E-state index contributed by atoms with van der Waals surface area (Å²) in [5.41, 5.74) is 0. The molecule has 0 radical (unpaired) electrons. The summed E-state index contributed by atoms with van der Waals surface area (Å²) in [5, 5.41) is 6.81. The van der Waals surface area contributed by atoms with Gasteiger partial charge in [0.25, 0.3) is 0 Å². The van der Waals surface area contributed by atoms with Crippen molar-refractivity contribution in [3.05, 3.63) is 65.1 Å². The van der Waals surface area contributed by atoms with Crippen molar-refractivity contribution in [2.24, 2.45) is 0 Å². The molecule has 2 N–H and O–H groups in total. The quantitative estimate of drug-likeness (QED) is 0.582. The van der Waals surface area contributed by atoms with Crippen LogP contribution in [0.5, 0.6) is 0 Å². The first kappa shape index (κ1) is 18.7. The molecule has 26 heavy (non-hydrogen) atoms. The highest BCUT2D eigenvalue weighted by molar-refractivity contribution is 7.89. The van der Waals surface area contributed by atoms with Gasteiger partial charge < -0.3 is 5.32 Å². The van der Waals surface area contributed by atoms with E-state index in [-0.39, 0.29) is 10.9 Å². The average Bonchev–Trinajstić information content (AvgIpc) is 3.17. The summed E-state index contributed by atoms with van der Waals surface area (Å²) in [6, 6.07) is 11.1. The second-order valence-electron chi connectivity index (χ2n) is 5.87. The van der Waals surface area contributed by atoms with E-state index in [1.807, 2.05) is 24.4 Å². The number of pyridine rings is 1. The van der Waals surface area contributed by atoms with Crippen LogP contribution in [0.15, 0.2) is 65.1 Å². The van der Waals surface area contributed by atoms with Crippen LogP contribution in [0.25, 0.3) is 16.8 Å². The molecule has 0 saturated heterocycles. The van der Waals surface area contributed by atoms with Gasteiger partial charge in [0.2, 0.25) is 10.0 Å². The molecule has 0 bridgehead atoms. The highest BCUT2D eigenvalue weighted by atomic mass is 32.2. The molecule has 3 aromatic rings. The predicted molar refractivity (Wildman–Crippen MR) is 108 cm³/mol. The number of rotatable bonds is 8. The lowest BCUT2D eigenvalue weighted by molar-refractivity contribution is 0.571. The van der Waals surface area contributed by atoms with E-state index in [1.54, 1.807) is 41.9 Å². The number of hydrogen-bond donors (Lipinski definition) is 2. The van der Waals surface area contributed by atoms with Crippen LogP contribution in [-0.4, -0.2) is 32.5 Å². The lowest BCUT2D eigenvalue weighted by atomic mass is 10.2. The topological polar surface area (TPSA) is 71.1 Å². The molecule has 0 spiro atoms. The maximum Gasteiger partial charge on any atom is 0.241 e. The zero-order chi connectivity index (χ0) is 18.4. The molecule has 7 heteroatoms. The van der Waals surface area contributed by atoms with Gasteiger partial charge >= 0.3 is 0 Å². The summed E-state index contributed by atoms with van der Waals surface area (Å²) in [7, 11) is -3.57. The van der Waals surface area contributed by atoms with E-state index in [0.717, 1.165) is 5.39 Å². The monoisotopic (exact) mass is 387 g/mol. The number of thiophene rings is 1. The molecule has 1 unspecified atom stereocenters. The normalized spacial score (nSPS) is 13.4. The Bertz CT molecular complexity index is 978. The highest BCUT2D eigenvalue weighted by Crippen LogP contribution is 2.21. The Morgan fingerprint density at radius 2 is 2.08 bits per heavy atom. The van der Waals surface area contributed by atoms with Crippen LogP contribution in [0.3, 0.4) is 0 Å². The largest absolute Gasteiger partial charge is 0.309 e. The molecule has 0 saturated carbocycles. The van der Waals surface area contributed by atoms with Gasteiger partial charge in [0, 0.05) is 47.2 Å². The first-order valence-corrected chi connectivity index (χ1v) is 10.7. The van der Waals surface area contributed by atoms with E-state index in [9.17, 15) is 8.42 Å². The minimum absolute atomic E-state index is 0.158. The third-order valence-corrected chi connectivity index (χ3v) is 6.26. The molecule has 3 rings (SSSR count). The summed E-state index contributed by atoms with van der Waals surface area (Å²) < 4.78 is 27.9. The Morgan fingerprint density at radius 3 is 2.88 bits per heavy atom. The van der Waals surface area contributed by atoms with Gasteiger partial charge in [0.15, 0.2) is 0 Å². The van der Waals surface area contributed by atoms with Gasteiger partial charge in [-0.2, -0.15) is 0 Å². The van der Waals surface area contributed by atoms with Gasteiger partial charge in [0.1, 0.15) is 0 Å². The molecule has 136 valence electrons. The number of hydrogen-bond acceptors (Lipinski definition) is 5. The summed E-state index contributed by atoms with van der Waals surface area (Å²) >= 11 is 1.68. The zero-order valence-corrected chi connectivity index (χ0v) is 16.1. The van der Waals surface area contributed by atoms with Crippen molar-refractivity contribution >= 4 is 38.2 Å². The smallest absolute Gasteiger partial charge is 0.241 e. The van der Waals surface area contributed by atoms with Crippen LogP contribution in [0.1, 0.15) is 11.8 Å². The van der Waals surface area contributed by atoms with E-state index in [2.05, 4.69) is 33.2 Å². The van der Waals surface area contributed by atoms with Crippen LogP contribution in [0, 0.1) is 0 Å². The average molecular weight is 388 g/mol. The lowest BCUT2D eigenvalue weighted by Crippen LogP contribution is -2.35. The van der Waals surface area contributed by atoms with Gasteiger partial charge in [-0.15, -0.1) is 11.3 Å². The molecular formula is C19H21N3O2S2. The summed E-state index contributed by atoms with van der Waals surface area (Å²) in [6.07, 6.45) is 7.40. The fourth-order valence-corrected chi connectivity index (χ4v) is 4.47. The van der Waals surface area contributed by atoms with E-state index in [4.69, 9.17) is 0 Å². The van der Waals surface area contributed by atoms with Crippen molar-refractivity contribution in [2.45, 2.75) is 17.9 Å². The summed E-state index contributed by atoms with van der Waals surface area (Å²) in [4.78, 5) is 5.52. The molecule has 0 aliphatic rings. The Kier molecular flexibility index (Phi) is 6.16. The number of fused-ring (bicyclic) bond motifs is 1. The Morgan fingerprint density at radius 1 is 1.19 bits per heavy atom. The second-order valence-corrected chi connectivity index (χ2v) is 8.58. The maximum atomic E-state index is 12.6. The Balaban J connectivity index is 1.55. The van der Waals surface area contributed by atoms with Crippen molar-refractivity contribution in [2.75, 3.05) is 13.1 Å². The minimum atomic E-state index is -3.57. The second kappa shape index (κ2) is 8.55. The predicted octanol–water partition coefficient (Wildman–Crippen LogP) is 3.27. The van der Waals surface area contributed by atoms with Crippen LogP contribution < -0.4 is 10.0 Å². The molecule has 0 aliphatic heterocycles. The third kappa shape index (κ3) is 4.76. The van der Waals surface area contributed by atoms with Crippen molar-refractivity contribution in [1.82, 2.24) is 15.0 Å². The van der Waals surface area contributed by atoms with Crippen LogP contribution in [-0.2, 0) is 10.0 Å². The van der Waals surface area contributed by atoms with E-state index < -0.39 is 10.0 Å². The number of nitrogens with zero attached hydrogens (tertiary/aromatic N) is 1. The van der Waals surface area contributed by atoms with Gasteiger partial charge in [0.05, 0.1) is 4.90 Å². The third-order valence-electron chi connectivity index (χ3n) is 3.91. The van der Waals surface area contributed by atoms with Crippen LogP contribution >= 0.6 is 11.3 Å². The van der Waals surface area contributed by atoms with Gasteiger partial charge in [-0.1, -0.05) is 24.3 Å². The molecule has 2 aromatic heterocycles. The van der Waals surface area contributed by atoms with Gasteiger partial charge in [-0.3, -0.25) is 4.98 Å². The number of benzene rings is 1. The Hall–Kier alpha value is -2.06. The highest BCUT2D eigenvalue weighted by Gasteiger charge is 2.16. The number of nitrogens with one attached hydrogen (secondary N) is 2. The SMILES string of the molecule is CC(/C=C/c1cccs1)NCCNS(=O)(=O)c1cccc2cnccc12. The molecule has 2 heterocycles. The van der Waals surface area contributed by atoms with E-state index >= 15 is 0 Å². The summed E-state index contributed by atoms with van der Waals surface area (Å²) in [5.74, 6) is 0. The molecule has 1 atom stereocenters. The van der Waals surface area contributed by atoms with Gasteiger partial charge in [-0.05, 0) is 36.6 Å². The van der Waals surface area contributed by atoms with E-state index in [0.29, 0.717) is 18.5 Å². The minimum Gasteiger partial charge on any atom is -0.309 e. The fourth-order valence-electron chi connectivity index (χ4n) is 2.58. The first-order chi connectivity index (χ1) is 12.6. The van der Waals surface area contributed by atoms with Crippen molar-refractivity contribution in [3.63, 3.8) is 0 Å². The fraction of sp³-hybridized carbons (Fsp3) is 0.211. The summed E-state index contributed by atoms with van der Waals surface area (Å²) in [6.45, 7) is 2.90. The van der Waals surface area contributed by atoms with Crippen molar-refractivity contribution in [1.29, 1.82) is 0 Å². The standard InChI is InChI=1S/C19H21N3O2S2/c1-15(7-8-17-5-3-13-25-17)21-11-12-22-26(23,24)19-6-2-4-16-14-20-10-9-18(16)19/h2-10,13-15,21-22H,11-12H2,1H3/b8-7+. The Labute approximate surface area is 157 Å². The van der Waals surface area contributed by atoms with Gasteiger partial charge in [-0.25, -0.2) is 13.1 Å². The van der Waals surface area contributed by atoms with Crippen molar-refractivity contribution < 1.29 is 8.42 Å². The molecule has 0 amide bonds.